The van der Waals surface area contributed by atoms with Crippen molar-refractivity contribution < 1.29 is 4.74 Å². The number of nitrogens with zero attached hydrogens (tertiary/aromatic N) is 2. The molecular weight excluding hydrogens is 164 g/mol. The van der Waals surface area contributed by atoms with Gasteiger partial charge in [-0.25, -0.2) is 0 Å². The van der Waals surface area contributed by atoms with Gasteiger partial charge in [-0.2, -0.15) is 0 Å². The lowest BCUT2D eigenvalue weighted by Crippen LogP contribution is -2.33. The van der Waals surface area contributed by atoms with E-state index in [1.54, 1.807) is 0 Å². The van der Waals surface area contributed by atoms with Gasteiger partial charge in [-0.05, 0) is 48.0 Å². The first kappa shape index (κ1) is 12.9. The molecule has 0 rings (SSSR count). The lowest BCUT2D eigenvalue weighted by Gasteiger charge is -2.24. The fourth-order valence-electron chi connectivity index (χ4n) is 1.19. The van der Waals surface area contributed by atoms with E-state index in [9.17, 15) is 0 Å². The molecule has 3 heteroatoms. The van der Waals surface area contributed by atoms with Crippen molar-refractivity contribution in [1.29, 1.82) is 0 Å². The summed E-state index contributed by atoms with van der Waals surface area (Å²) in [6, 6.07) is 0. The van der Waals surface area contributed by atoms with E-state index in [1.807, 2.05) is 6.92 Å². The Balaban J connectivity index is 3.43. The maximum atomic E-state index is 5.47. The molecule has 13 heavy (non-hydrogen) atoms. The van der Waals surface area contributed by atoms with Crippen LogP contribution in [0.4, 0.5) is 0 Å². The average Bonchev–Trinajstić information content (AvgIpc) is 2.04. The Kier molecular flexibility index (Phi) is 7.23. The van der Waals surface area contributed by atoms with Crippen molar-refractivity contribution >= 4 is 0 Å². The molecule has 0 radical (unpaired) electrons. The Morgan fingerprint density at radius 1 is 1.15 bits per heavy atom. The van der Waals surface area contributed by atoms with E-state index in [-0.39, 0.29) is 6.23 Å². The van der Waals surface area contributed by atoms with Crippen LogP contribution in [-0.4, -0.2) is 56.9 Å². The minimum absolute atomic E-state index is 0.243. The van der Waals surface area contributed by atoms with Crippen LogP contribution in [0.3, 0.4) is 0 Å². The molecule has 0 aliphatic carbocycles. The Morgan fingerprint density at radius 2 is 1.77 bits per heavy atom. The molecule has 0 saturated carbocycles. The highest BCUT2D eigenvalue weighted by atomic mass is 16.5. The largest absolute Gasteiger partial charge is 0.364 e. The Morgan fingerprint density at radius 3 is 2.23 bits per heavy atom. The van der Waals surface area contributed by atoms with Gasteiger partial charge in [0, 0.05) is 13.2 Å². The summed E-state index contributed by atoms with van der Waals surface area (Å²) in [7, 11) is 6.31. The molecule has 0 aromatic heterocycles. The van der Waals surface area contributed by atoms with Crippen molar-refractivity contribution in [2.24, 2.45) is 0 Å². The Hall–Kier alpha value is -0.120. The van der Waals surface area contributed by atoms with E-state index < -0.39 is 0 Å². The van der Waals surface area contributed by atoms with Crippen LogP contribution in [0.5, 0.6) is 0 Å². The zero-order valence-electron chi connectivity index (χ0n) is 9.71. The van der Waals surface area contributed by atoms with Crippen LogP contribution >= 0.6 is 0 Å². The molecule has 0 aromatic rings. The minimum atomic E-state index is 0.243. The predicted octanol–water partition coefficient (Wildman–Crippen LogP) is 1.25. The van der Waals surface area contributed by atoms with Gasteiger partial charge in [0.2, 0.25) is 0 Å². The summed E-state index contributed by atoms with van der Waals surface area (Å²) in [6.07, 6.45) is 1.44. The molecule has 3 nitrogen and oxygen atoms in total. The van der Waals surface area contributed by atoms with Crippen LogP contribution in [0.2, 0.25) is 0 Å². The quantitative estimate of drug-likeness (QED) is 0.559. The predicted molar refractivity (Wildman–Crippen MR) is 56.9 cm³/mol. The highest BCUT2D eigenvalue weighted by Gasteiger charge is 2.07. The van der Waals surface area contributed by atoms with E-state index in [2.05, 4.69) is 37.9 Å². The second-order valence-electron chi connectivity index (χ2n) is 3.69. The molecule has 0 bridgehead atoms. The van der Waals surface area contributed by atoms with Crippen LogP contribution < -0.4 is 0 Å². The number of ether oxygens (including phenoxy) is 1. The molecular formula is C10H24N2O. The van der Waals surface area contributed by atoms with Crippen LogP contribution in [0.15, 0.2) is 0 Å². The summed E-state index contributed by atoms with van der Waals surface area (Å²) in [5.41, 5.74) is 0. The second kappa shape index (κ2) is 7.30. The van der Waals surface area contributed by atoms with E-state index in [0.717, 1.165) is 19.7 Å². The van der Waals surface area contributed by atoms with Crippen LogP contribution in [-0.2, 0) is 4.74 Å². The molecule has 0 aromatic carbocycles. The summed E-state index contributed by atoms with van der Waals surface area (Å²) in [6.45, 7) is 7.16. The smallest absolute Gasteiger partial charge is 0.107 e. The molecule has 0 amide bonds. The van der Waals surface area contributed by atoms with E-state index in [4.69, 9.17) is 4.74 Å². The third kappa shape index (κ3) is 6.99. The standard InChI is InChI=1S/C10H24N2O/c1-6-13-10(2)12(5)9-7-8-11(3)4/h10H,6-9H2,1-5H3. The molecule has 0 spiro atoms. The number of rotatable bonds is 7. The third-order valence-electron chi connectivity index (χ3n) is 2.14. The van der Waals surface area contributed by atoms with E-state index in [0.29, 0.717) is 0 Å². The van der Waals surface area contributed by atoms with Crippen molar-refractivity contribution in [3.63, 3.8) is 0 Å². The molecule has 1 unspecified atom stereocenters. The molecule has 0 aliphatic heterocycles. The fourth-order valence-corrected chi connectivity index (χ4v) is 1.19. The van der Waals surface area contributed by atoms with Gasteiger partial charge in [0.1, 0.15) is 6.23 Å². The van der Waals surface area contributed by atoms with Gasteiger partial charge in [-0.3, -0.25) is 4.90 Å². The van der Waals surface area contributed by atoms with Crippen LogP contribution in [0.25, 0.3) is 0 Å². The maximum Gasteiger partial charge on any atom is 0.107 e. The second-order valence-corrected chi connectivity index (χ2v) is 3.69. The SMILES string of the molecule is CCOC(C)N(C)CCCN(C)C. The van der Waals surface area contributed by atoms with Gasteiger partial charge in [0.25, 0.3) is 0 Å². The lowest BCUT2D eigenvalue weighted by atomic mass is 10.3. The molecule has 0 saturated heterocycles. The van der Waals surface area contributed by atoms with Crippen molar-refractivity contribution in [2.75, 3.05) is 40.8 Å². The first-order chi connectivity index (χ1) is 6.07. The molecule has 0 heterocycles. The lowest BCUT2D eigenvalue weighted by molar-refractivity contribution is -0.0295. The van der Waals surface area contributed by atoms with E-state index >= 15 is 0 Å². The summed E-state index contributed by atoms with van der Waals surface area (Å²) < 4.78 is 5.47. The molecule has 80 valence electrons. The first-order valence-electron chi connectivity index (χ1n) is 5.04. The third-order valence-corrected chi connectivity index (χ3v) is 2.14. The van der Waals surface area contributed by atoms with Gasteiger partial charge < -0.3 is 9.64 Å². The summed E-state index contributed by atoms with van der Waals surface area (Å²) in [5.74, 6) is 0. The normalized spacial score (nSPS) is 14.1. The van der Waals surface area contributed by atoms with Crippen LogP contribution in [0, 0.1) is 0 Å². The van der Waals surface area contributed by atoms with Crippen molar-refractivity contribution in [2.45, 2.75) is 26.5 Å². The van der Waals surface area contributed by atoms with Gasteiger partial charge in [-0.1, -0.05) is 0 Å². The average molecular weight is 188 g/mol. The molecule has 1 atom stereocenters. The zero-order valence-corrected chi connectivity index (χ0v) is 9.71. The van der Waals surface area contributed by atoms with Gasteiger partial charge in [0.05, 0.1) is 0 Å². The zero-order chi connectivity index (χ0) is 10.3. The molecule has 0 fully saturated rings. The summed E-state index contributed by atoms with van der Waals surface area (Å²) >= 11 is 0. The minimum Gasteiger partial charge on any atom is -0.364 e. The Labute approximate surface area is 82.7 Å². The highest BCUT2D eigenvalue weighted by molar-refractivity contribution is 4.55. The van der Waals surface area contributed by atoms with Gasteiger partial charge >= 0.3 is 0 Å². The summed E-state index contributed by atoms with van der Waals surface area (Å²) in [5, 5.41) is 0. The number of hydrogen-bond donors (Lipinski definition) is 0. The topological polar surface area (TPSA) is 15.7 Å². The van der Waals surface area contributed by atoms with Gasteiger partial charge in [0.15, 0.2) is 0 Å². The monoisotopic (exact) mass is 188 g/mol. The van der Waals surface area contributed by atoms with Gasteiger partial charge in [-0.15, -0.1) is 0 Å². The van der Waals surface area contributed by atoms with Crippen molar-refractivity contribution in [3.8, 4) is 0 Å². The van der Waals surface area contributed by atoms with Crippen LogP contribution in [0.1, 0.15) is 20.3 Å². The maximum absolute atomic E-state index is 5.47. The molecule has 0 aliphatic rings. The fraction of sp³-hybridized carbons (Fsp3) is 1.00. The van der Waals surface area contributed by atoms with E-state index in [1.165, 1.54) is 6.42 Å². The first-order valence-corrected chi connectivity index (χ1v) is 5.04. The van der Waals surface area contributed by atoms with Crippen molar-refractivity contribution in [3.05, 3.63) is 0 Å². The highest BCUT2D eigenvalue weighted by Crippen LogP contribution is 1.98. The molecule has 0 N–H and O–H groups in total. The summed E-state index contributed by atoms with van der Waals surface area (Å²) in [4.78, 5) is 4.45. The number of hydrogen-bond acceptors (Lipinski definition) is 3. The Bertz CT molecular complexity index is 117. The van der Waals surface area contributed by atoms with Crippen molar-refractivity contribution in [1.82, 2.24) is 9.80 Å².